The van der Waals surface area contributed by atoms with E-state index < -0.39 is 0 Å². The molecule has 0 aliphatic heterocycles. The van der Waals surface area contributed by atoms with E-state index in [9.17, 15) is 0 Å². The van der Waals surface area contributed by atoms with Crippen molar-refractivity contribution >= 4 is 118 Å². The molecule has 0 saturated heterocycles. The first-order valence-corrected chi connectivity index (χ1v) is 18.0. The van der Waals surface area contributed by atoms with E-state index in [0.717, 1.165) is 43.5 Å². The minimum absolute atomic E-state index is 0.870. The van der Waals surface area contributed by atoms with E-state index >= 15 is 0 Å². The van der Waals surface area contributed by atoms with Crippen LogP contribution in [0.25, 0.3) is 62.3 Å². The van der Waals surface area contributed by atoms with Crippen molar-refractivity contribution in [1.82, 2.24) is 0 Å². The van der Waals surface area contributed by atoms with E-state index in [0.29, 0.717) is 0 Å². The zero-order chi connectivity index (χ0) is 32.5. The summed E-state index contributed by atoms with van der Waals surface area (Å²) in [5.41, 5.74) is 5.09. The van der Waals surface area contributed by atoms with Gasteiger partial charge in [-0.2, -0.15) is 0 Å². The number of benzene rings is 6. The van der Waals surface area contributed by atoms with Gasteiger partial charge in [-0.25, -0.2) is 0 Å². The fourth-order valence-corrected chi connectivity index (χ4v) is 8.81. The largest absolute Gasteiger partial charge is 0.455 e. The fourth-order valence-electron chi connectivity index (χ4n) is 6.05. The predicted octanol–water partition coefficient (Wildman–Crippen LogP) is 14.9. The summed E-state index contributed by atoms with van der Waals surface area (Å²) in [5, 5.41) is 7.40. The van der Waals surface area contributed by atoms with Crippen LogP contribution < -0.4 is 4.90 Å². The molecular formula is C42H32BrNOS2. The molecule has 9 rings (SSSR count). The molecule has 0 amide bonds. The summed E-state index contributed by atoms with van der Waals surface area (Å²) in [7, 11) is 0. The zero-order valence-corrected chi connectivity index (χ0v) is 29.4. The van der Waals surface area contributed by atoms with Gasteiger partial charge in [0.15, 0.2) is 0 Å². The van der Waals surface area contributed by atoms with Gasteiger partial charge in [-0.05, 0) is 76.6 Å². The van der Waals surface area contributed by atoms with Crippen LogP contribution in [0.3, 0.4) is 0 Å². The quantitative estimate of drug-likeness (QED) is 0.169. The molecular weight excluding hydrogens is 679 g/mol. The van der Waals surface area contributed by atoms with Crippen molar-refractivity contribution in [3.63, 3.8) is 0 Å². The number of fused-ring (bicyclic) bond motifs is 9. The highest BCUT2D eigenvalue weighted by atomic mass is 79.9. The third-order valence-electron chi connectivity index (χ3n) is 8.08. The Labute approximate surface area is 290 Å². The Morgan fingerprint density at radius 1 is 0.532 bits per heavy atom. The van der Waals surface area contributed by atoms with Gasteiger partial charge in [0.1, 0.15) is 11.2 Å². The van der Waals surface area contributed by atoms with Crippen molar-refractivity contribution in [1.29, 1.82) is 0 Å². The maximum absolute atomic E-state index is 6.25. The lowest BCUT2D eigenvalue weighted by Gasteiger charge is -2.26. The molecule has 6 aromatic carbocycles. The monoisotopic (exact) mass is 709 g/mol. The molecule has 0 N–H and O–H groups in total. The van der Waals surface area contributed by atoms with Crippen LogP contribution in [0.1, 0.15) is 13.8 Å². The number of nitrogens with zero attached hydrogens (tertiary/aromatic N) is 1. The SMILES string of the molecule is Brc1cc(N(c2ccc3c(c2)sc2ccccc23)c2ccc3sc4ccccc4c3c2)cc2c1oc1ccccc12.C=CC=C.CC. The Kier molecular flexibility index (Phi) is 8.70. The summed E-state index contributed by atoms with van der Waals surface area (Å²) >= 11 is 7.55. The van der Waals surface area contributed by atoms with E-state index in [4.69, 9.17) is 4.42 Å². The molecule has 0 spiro atoms. The molecule has 3 aromatic heterocycles. The van der Waals surface area contributed by atoms with Gasteiger partial charge in [0.25, 0.3) is 0 Å². The molecule has 9 aromatic rings. The van der Waals surface area contributed by atoms with Crippen molar-refractivity contribution in [3.8, 4) is 0 Å². The van der Waals surface area contributed by atoms with Crippen LogP contribution in [0.5, 0.6) is 0 Å². The second-order valence-electron chi connectivity index (χ2n) is 10.8. The van der Waals surface area contributed by atoms with Gasteiger partial charge in [-0.1, -0.05) is 99.8 Å². The summed E-state index contributed by atoms with van der Waals surface area (Å²) in [6.07, 6.45) is 3.28. The van der Waals surface area contributed by atoms with Crippen molar-refractivity contribution in [2.75, 3.05) is 4.90 Å². The van der Waals surface area contributed by atoms with Gasteiger partial charge in [-0.3, -0.25) is 0 Å². The second kappa shape index (κ2) is 13.2. The van der Waals surface area contributed by atoms with Gasteiger partial charge in [0.05, 0.1) is 4.47 Å². The normalized spacial score (nSPS) is 11.0. The van der Waals surface area contributed by atoms with Gasteiger partial charge < -0.3 is 9.32 Å². The molecule has 0 radical (unpaired) electrons. The molecule has 230 valence electrons. The summed E-state index contributed by atoms with van der Waals surface area (Å²) in [6.45, 7) is 10.7. The average molecular weight is 711 g/mol. The lowest BCUT2D eigenvalue weighted by atomic mass is 10.1. The highest BCUT2D eigenvalue weighted by molar-refractivity contribution is 9.10. The Bertz CT molecular complexity index is 2560. The Hall–Kier alpha value is -4.68. The number of allylic oxidation sites excluding steroid dienone is 2. The average Bonchev–Trinajstić information content (AvgIpc) is 3.81. The van der Waals surface area contributed by atoms with E-state index in [1.807, 2.05) is 48.7 Å². The Morgan fingerprint density at radius 3 is 1.79 bits per heavy atom. The smallest absolute Gasteiger partial charge is 0.149 e. The number of hydrogen-bond acceptors (Lipinski definition) is 4. The first-order chi connectivity index (χ1) is 23.1. The predicted molar refractivity (Wildman–Crippen MR) is 214 cm³/mol. The maximum atomic E-state index is 6.25. The molecule has 0 bridgehead atoms. The molecule has 0 unspecified atom stereocenters. The Balaban J connectivity index is 0.000000547. The molecule has 5 heteroatoms. The third kappa shape index (κ3) is 5.55. The van der Waals surface area contributed by atoms with Gasteiger partial charge in [0, 0.05) is 68.2 Å². The van der Waals surface area contributed by atoms with Crippen molar-refractivity contribution in [2.45, 2.75) is 13.8 Å². The third-order valence-corrected chi connectivity index (χ3v) is 11.0. The summed E-state index contributed by atoms with van der Waals surface area (Å²) < 4.78 is 12.4. The first-order valence-electron chi connectivity index (χ1n) is 15.6. The van der Waals surface area contributed by atoms with Crippen LogP contribution in [-0.2, 0) is 0 Å². The summed E-state index contributed by atoms with van der Waals surface area (Å²) in [4.78, 5) is 2.38. The van der Waals surface area contributed by atoms with Crippen LogP contribution in [0.2, 0.25) is 0 Å². The molecule has 47 heavy (non-hydrogen) atoms. The van der Waals surface area contributed by atoms with E-state index in [-0.39, 0.29) is 0 Å². The number of furan rings is 1. The number of halogens is 1. The minimum Gasteiger partial charge on any atom is -0.455 e. The molecule has 3 heterocycles. The molecule has 0 aliphatic rings. The van der Waals surface area contributed by atoms with Crippen LogP contribution in [0.15, 0.2) is 156 Å². The Morgan fingerprint density at radius 2 is 1.06 bits per heavy atom. The topological polar surface area (TPSA) is 16.4 Å². The standard InChI is InChI=1S/C36H20BrNOS2.C4H6.C2H6/c37-30-19-23(18-29-24-7-1-4-10-31(24)39-36(29)30)38(21-14-16-34-28(17-21)26-9-3-6-12-33(26)40-34)22-13-15-27-25-8-2-5-11-32(25)41-35(27)20-22;1-3-4-2;1-2/h1-20H;3-4H,1-2H2;1-2H3. The van der Waals surface area contributed by atoms with E-state index in [2.05, 4.69) is 143 Å². The maximum Gasteiger partial charge on any atom is 0.149 e. The van der Waals surface area contributed by atoms with Crippen LogP contribution >= 0.6 is 38.6 Å². The highest BCUT2D eigenvalue weighted by Crippen LogP contribution is 2.45. The van der Waals surface area contributed by atoms with Crippen LogP contribution in [-0.4, -0.2) is 0 Å². The second-order valence-corrected chi connectivity index (χ2v) is 13.8. The van der Waals surface area contributed by atoms with Gasteiger partial charge in [0.2, 0.25) is 0 Å². The number of hydrogen-bond donors (Lipinski definition) is 0. The lowest BCUT2D eigenvalue weighted by molar-refractivity contribution is 0.667. The zero-order valence-electron chi connectivity index (χ0n) is 26.2. The molecule has 0 fully saturated rings. The fraction of sp³-hybridized carbons (Fsp3) is 0.0476. The van der Waals surface area contributed by atoms with Crippen LogP contribution in [0, 0.1) is 0 Å². The number of anilines is 3. The molecule has 0 saturated carbocycles. The van der Waals surface area contributed by atoms with E-state index in [1.54, 1.807) is 12.2 Å². The minimum atomic E-state index is 0.870. The van der Waals surface area contributed by atoms with Crippen molar-refractivity contribution < 1.29 is 4.42 Å². The van der Waals surface area contributed by atoms with Gasteiger partial charge >= 0.3 is 0 Å². The van der Waals surface area contributed by atoms with Crippen LogP contribution in [0.4, 0.5) is 17.1 Å². The lowest BCUT2D eigenvalue weighted by Crippen LogP contribution is -2.09. The van der Waals surface area contributed by atoms with E-state index in [1.165, 1.54) is 40.3 Å². The highest BCUT2D eigenvalue weighted by Gasteiger charge is 2.20. The number of para-hydroxylation sites is 1. The summed E-state index contributed by atoms with van der Waals surface area (Å²) in [5.74, 6) is 0. The number of thiophene rings is 2. The van der Waals surface area contributed by atoms with Crippen molar-refractivity contribution in [3.05, 3.63) is 151 Å². The molecule has 2 nitrogen and oxygen atoms in total. The summed E-state index contributed by atoms with van der Waals surface area (Å²) in [6, 6.07) is 43.8. The van der Waals surface area contributed by atoms with Gasteiger partial charge in [-0.15, -0.1) is 22.7 Å². The first kappa shape index (κ1) is 30.9. The van der Waals surface area contributed by atoms with Crippen molar-refractivity contribution in [2.24, 2.45) is 0 Å². The molecule has 0 aliphatic carbocycles. The number of rotatable bonds is 4. The molecule has 0 atom stereocenters.